The monoisotopic (exact) mass is 363 g/mol. The molecule has 0 saturated heterocycles. The minimum absolute atomic E-state index is 0.114. The number of ketones is 1. The number of carboxylic acids is 2. The first kappa shape index (κ1) is 20.8. The highest BCUT2D eigenvalue weighted by molar-refractivity contribution is 6.27. The van der Waals surface area contributed by atoms with Crippen LogP contribution < -0.4 is 4.74 Å². The molecule has 2 rings (SSSR count). The van der Waals surface area contributed by atoms with Gasteiger partial charge in [-0.25, -0.2) is 14.6 Å². The molecule has 0 bridgehead atoms. The molecule has 0 radical (unpaired) electrons. The molecular weight excluding hydrogens is 342 g/mol. The number of carbonyl (C=O) groups excluding carboxylic acids is 1. The largest absolute Gasteiger partial charge is 0.493 e. The average Bonchev–Trinajstić information content (AvgIpc) is 3.15. The van der Waals surface area contributed by atoms with Crippen LogP contribution >= 0.6 is 0 Å². The summed E-state index contributed by atoms with van der Waals surface area (Å²) in [7, 11) is 0. The van der Waals surface area contributed by atoms with Crippen LogP contribution in [0.2, 0.25) is 0 Å². The molecule has 140 valence electrons. The number of rotatable bonds is 8. The summed E-state index contributed by atoms with van der Waals surface area (Å²) in [6, 6.07) is 7.41. The van der Waals surface area contributed by atoms with Gasteiger partial charge in [-0.05, 0) is 25.0 Å². The lowest BCUT2D eigenvalue weighted by molar-refractivity contribution is -0.159. The molecule has 9 nitrogen and oxygen atoms in total. The van der Waals surface area contributed by atoms with E-state index in [0.717, 1.165) is 19.4 Å². The topological polar surface area (TPSA) is 132 Å². The van der Waals surface area contributed by atoms with Crippen molar-refractivity contribution in [1.29, 1.82) is 0 Å². The Morgan fingerprint density at radius 1 is 1.12 bits per heavy atom. The van der Waals surface area contributed by atoms with Crippen LogP contribution in [-0.4, -0.2) is 49.3 Å². The first-order chi connectivity index (χ1) is 12.5. The van der Waals surface area contributed by atoms with Crippen molar-refractivity contribution in [3.05, 3.63) is 42.5 Å². The highest BCUT2D eigenvalue weighted by atomic mass is 16.5. The van der Waals surface area contributed by atoms with Crippen LogP contribution in [0.4, 0.5) is 0 Å². The van der Waals surface area contributed by atoms with E-state index in [1.807, 2.05) is 31.2 Å². The predicted octanol–water partition coefficient (Wildman–Crippen LogP) is 1.89. The van der Waals surface area contributed by atoms with Crippen molar-refractivity contribution in [1.82, 2.24) is 14.8 Å². The number of carbonyl (C=O) groups is 3. The van der Waals surface area contributed by atoms with E-state index in [2.05, 4.69) is 10.1 Å². The van der Waals surface area contributed by atoms with Crippen molar-refractivity contribution >= 4 is 17.7 Å². The van der Waals surface area contributed by atoms with Crippen molar-refractivity contribution in [2.45, 2.75) is 32.7 Å². The third-order valence-corrected chi connectivity index (χ3v) is 3.20. The lowest BCUT2D eigenvalue weighted by Crippen LogP contribution is -2.09. The standard InChI is InChI=1S/C15H19N3O2.C2H2O4/c1-2-14(19)13-7-3-4-8-15(13)20-10-6-5-9-18-12-16-11-17-18;3-1(4)2(5)6/h3-4,7-8,11-12H,2,5-6,9-10H2,1H3;(H,3,4)(H,5,6). The van der Waals surface area contributed by atoms with E-state index in [4.69, 9.17) is 24.5 Å². The van der Waals surface area contributed by atoms with Crippen molar-refractivity contribution in [2.75, 3.05) is 6.61 Å². The van der Waals surface area contributed by atoms with Crippen LogP contribution in [0.1, 0.15) is 36.5 Å². The van der Waals surface area contributed by atoms with Crippen LogP contribution in [0.3, 0.4) is 0 Å². The van der Waals surface area contributed by atoms with Crippen molar-refractivity contribution < 1.29 is 29.3 Å². The van der Waals surface area contributed by atoms with E-state index in [9.17, 15) is 4.79 Å². The van der Waals surface area contributed by atoms with Crippen LogP contribution in [0.15, 0.2) is 36.9 Å². The van der Waals surface area contributed by atoms with Crippen LogP contribution in [0.25, 0.3) is 0 Å². The second-order valence-corrected chi connectivity index (χ2v) is 5.10. The van der Waals surface area contributed by atoms with Gasteiger partial charge < -0.3 is 14.9 Å². The molecule has 1 aromatic carbocycles. The van der Waals surface area contributed by atoms with E-state index in [0.29, 0.717) is 24.3 Å². The van der Waals surface area contributed by atoms with Gasteiger partial charge in [0.05, 0.1) is 12.2 Å². The minimum atomic E-state index is -1.82. The summed E-state index contributed by atoms with van der Waals surface area (Å²) in [6.07, 6.45) is 5.60. The predicted molar refractivity (Wildman–Crippen MR) is 91.1 cm³/mol. The zero-order valence-corrected chi connectivity index (χ0v) is 14.4. The molecule has 0 aliphatic rings. The third kappa shape index (κ3) is 7.56. The lowest BCUT2D eigenvalue weighted by Gasteiger charge is -2.10. The van der Waals surface area contributed by atoms with Gasteiger partial charge in [-0.2, -0.15) is 5.10 Å². The Balaban J connectivity index is 0.000000487. The van der Waals surface area contributed by atoms with Crippen molar-refractivity contribution in [3.8, 4) is 5.75 Å². The number of hydrogen-bond donors (Lipinski definition) is 2. The second-order valence-electron chi connectivity index (χ2n) is 5.10. The molecule has 2 N–H and O–H groups in total. The summed E-state index contributed by atoms with van der Waals surface area (Å²) < 4.78 is 7.51. The fourth-order valence-electron chi connectivity index (χ4n) is 1.92. The molecule has 0 aliphatic heterocycles. The number of aryl methyl sites for hydroxylation is 1. The maximum Gasteiger partial charge on any atom is 0.414 e. The zero-order valence-electron chi connectivity index (χ0n) is 14.4. The smallest absolute Gasteiger partial charge is 0.414 e. The molecule has 0 saturated carbocycles. The summed E-state index contributed by atoms with van der Waals surface area (Å²) in [4.78, 5) is 33.9. The highest BCUT2D eigenvalue weighted by Gasteiger charge is 2.09. The van der Waals surface area contributed by atoms with Crippen molar-refractivity contribution in [2.24, 2.45) is 0 Å². The summed E-state index contributed by atoms with van der Waals surface area (Å²) in [5, 5.41) is 18.8. The van der Waals surface area contributed by atoms with Gasteiger partial charge in [0, 0.05) is 13.0 Å². The molecule has 0 fully saturated rings. The number of para-hydroxylation sites is 1. The second kappa shape index (κ2) is 11.3. The zero-order chi connectivity index (χ0) is 19.4. The Bertz CT molecular complexity index is 703. The fraction of sp³-hybridized carbons (Fsp3) is 0.353. The molecule has 9 heteroatoms. The fourth-order valence-corrected chi connectivity index (χ4v) is 1.92. The molecule has 2 aromatic rings. The van der Waals surface area contributed by atoms with Gasteiger partial charge >= 0.3 is 11.9 Å². The van der Waals surface area contributed by atoms with Crippen LogP contribution in [0.5, 0.6) is 5.75 Å². The molecular formula is C17H21N3O6. The third-order valence-electron chi connectivity index (χ3n) is 3.20. The van der Waals surface area contributed by atoms with Gasteiger partial charge in [0.2, 0.25) is 0 Å². The SMILES string of the molecule is CCC(=O)c1ccccc1OCCCCn1cncn1.O=C(O)C(=O)O. The first-order valence-electron chi connectivity index (χ1n) is 7.99. The van der Waals surface area contributed by atoms with E-state index in [1.165, 1.54) is 6.33 Å². The Hall–Kier alpha value is -3.23. The molecule has 26 heavy (non-hydrogen) atoms. The van der Waals surface area contributed by atoms with E-state index in [1.54, 1.807) is 11.0 Å². The molecule has 0 aliphatic carbocycles. The number of carboxylic acid groups (broad SMARTS) is 2. The van der Waals surface area contributed by atoms with E-state index >= 15 is 0 Å². The molecule has 1 aromatic heterocycles. The number of hydrogen-bond acceptors (Lipinski definition) is 6. The van der Waals surface area contributed by atoms with Gasteiger partial charge in [-0.1, -0.05) is 19.1 Å². The quantitative estimate of drug-likeness (QED) is 0.413. The molecule has 1 heterocycles. The average molecular weight is 363 g/mol. The van der Waals surface area contributed by atoms with Gasteiger partial charge in [0.25, 0.3) is 0 Å². The van der Waals surface area contributed by atoms with Gasteiger partial charge in [-0.3, -0.25) is 9.48 Å². The maximum absolute atomic E-state index is 11.8. The first-order valence-corrected chi connectivity index (χ1v) is 7.99. The summed E-state index contributed by atoms with van der Waals surface area (Å²) >= 11 is 0. The highest BCUT2D eigenvalue weighted by Crippen LogP contribution is 2.19. The van der Waals surface area contributed by atoms with Gasteiger partial charge in [0.15, 0.2) is 5.78 Å². The Labute approximate surface area is 150 Å². The Morgan fingerprint density at radius 2 is 1.81 bits per heavy atom. The molecule has 0 amide bonds. The normalized spacial score (nSPS) is 9.73. The summed E-state index contributed by atoms with van der Waals surface area (Å²) in [5.74, 6) is -2.85. The Kier molecular flexibility index (Phi) is 9.08. The van der Waals surface area contributed by atoms with Crippen molar-refractivity contribution in [3.63, 3.8) is 0 Å². The number of aromatic nitrogens is 3. The molecule has 0 atom stereocenters. The van der Waals surface area contributed by atoms with Gasteiger partial charge in [0.1, 0.15) is 18.4 Å². The number of aliphatic carboxylic acids is 2. The lowest BCUT2D eigenvalue weighted by atomic mass is 10.1. The minimum Gasteiger partial charge on any atom is -0.493 e. The molecule has 0 spiro atoms. The van der Waals surface area contributed by atoms with E-state index < -0.39 is 11.9 Å². The summed E-state index contributed by atoms with van der Waals surface area (Å²) in [5.41, 5.74) is 0.672. The summed E-state index contributed by atoms with van der Waals surface area (Å²) in [6.45, 7) is 3.29. The van der Waals surface area contributed by atoms with E-state index in [-0.39, 0.29) is 5.78 Å². The number of nitrogens with zero attached hydrogens (tertiary/aromatic N) is 3. The Morgan fingerprint density at radius 3 is 2.38 bits per heavy atom. The molecule has 0 unspecified atom stereocenters. The van der Waals surface area contributed by atoms with Crippen LogP contribution in [0, 0.1) is 0 Å². The number of benzene rings is 1. The maximum atomic E-state index is 11.8. The van der Waals surface area contributed by atoms with Crippen LogP contribution in [-0.2, 0) is 16.1 Å². The number of ether oxygens (including phenoxy) is 1. The number of unbranched alkanes of at least 4 members (excludes halogenated alkanes) is 1. The van der Waals surface area contributed by atoms with Gasteiger partial charge in [-0.15, -0.1) is 0 Å². The number of Topliss-reactive ketones (excluding diaryl/α,β-unsaturated/α-hetero) is 1.